The Labute approximate surface area is 157 Å². The molecule has 0 saturated heterocycles. The summed E-state index contributed by atoms with van der Waals surface area (Å²) >= 11 is 0. The predicted molar refractivity (Wildman–Crippen MR) is 101 cm³/mol. The molecule has 0 aliphatic carbocycles. The predicted octanol–water partition coefficient (Wildman–Crippen LogP) is 4.09. The van der Waals surface area contributed by atoms with Gasteiger partial charge in [0.25, 0.3) is 0 Å². The molecule has 7 nitrogen and oxygen atoms in total. The Balaban J connectivity index is 2.01. The van der Waals surface area contributed by atoms with E-state index in [1.165, 1.54) is 6.07 Å². The normalized spacial score (nSPS) is 10.9. The van der Waals surface area contributed by atoms with Crippen LogP contribution in [0.4, 0.5) is 0 Å². The molecule has 1 aromatic carbocycles. The number of rotatable bonds is 12. The standard InChI is InChI=1S/C20H26O7/c1-2-3-4-6-12-26-19-18(23)15-10-9-14(13-16(15)27-20(19)24)25-11-7-5-8-17(21)22/h9-10,13,23H,2-8,11-12H2,1H3,(H,21,22). The van der Waals surface area contributed by atoms with Crippen LogP contribution >= 0.6 is 0 Å². The second kappa shape index (κ2) is 10.4. The summed E-state index contributed by atoms with van der Waals surface area (Å²) in [5, 5.41) is 19.3. The average Bonchev–Trinajstić information content (AvgIpc) is 2.63. The van der Waals surface area contributed by atoms with E-state index in [1.807, 2.05) is 0 Å². The number of ether oxygens (including phenoxy) is 2. The Hall–Kier alpha value is -2.70. The first-order valence-electron chi connectivity index (χ1n) is 9.30. The number of fused-ring (bicyclic) bond motifs is 1. The maximum Gasteiger partial charge on any atom is 0.383 e. The molecule has 0 aliphatic heterocycles. The van der Waals surface area contributed by atoms with Gasteiger partial charge in [0.1, 0.15) is 11.3 Å². The highest BCUT2D eigenvalue weighted by molar-refractivity contribution is 5.86. The number of hydrogen-bond donors (Lipinski definition) is 2. The highest BCUT2D eigenvalue weighted by Gasteiger charge is 2.16. The van der Waals surface area contributed by atoms with Crippen molar-refractivity contribution in [2.75, 3.05) is 13.2 Å². The number of carboxylic acids is 1. The minimum atomic E-state index is -0.832. The molecule has 1 aromatic heterocycles. The summed E-state index contributed by atoms with van der Waals surface area (Å²) in [6, 6.07) is 4.78. The topological polar surface area (TPSA) is 106 Å². The highest BCUT2D eigenvalue weighted by atomic mass is 16.5. The molecule has 0 radical (unpaired) electrons. The number of carboxylic acid groups (broad SMARTS) is 1. The number of benzene rings is 1. The van der Waals surface area contributed by atoms with E-state index >= 15 is 0 Å². The average molecular weight is 378 g/mol. The molecular formula is C20H26O7. The minimum Gasteiger partial charge on any atom is -0.504 e. The Morgan fingerprint density at radius 1 is 1.07 bits per heavy atom. The van der Waals surface area contributed by atoms with E-state index < -0.39 is 11.6 Å². The van der Waals surface area contributed by atoms with Gasteiger partial charge in [-0.2, -0.15) is 0 Å². The summed E-state index contributed by atoms with van der Waals surface area (Å²) in [7, 11) is 0. The lowest BCUT2D eigenvalue weighted by Gasteiger charge is -2.10. The van der Waals surface area contributed by atoms with Crippen molar-refractivity contribution in [3.63, 3.8) is 0 Å². The van der Waals surface area contributed by atoms with Crippen LogP contribution in [0.2, 0.25) is 0 Å². The third kappa shape index (κ3) is 6.20. The molecule has 0 amide bonds. The molecule has 0 atom stereocenters. The van der Waals surface area contributed by atoms with E-state index in [9.17, 15) is 14.7 Å². The Bertz CT molecular complexity index is 810. The molecule has 2 aromatic rings. The smallest absolute Gasteiger partial charge is 0.383 e. The van der Waals surface area contributed by atoms with Crippen molar-refractivity contribution in [2.24, 2.45) is 0 Å². The van der Waals surface area contributed by atoms with Gasteiger partial charge >= 0.3 is 11.6 Å². The fourth-order valence-corrected chi connectivity index (χ4v) is 2.64. The summed E-state index contributed by atoms with van der Waals surface area (Å²) in [6.07, 6.45) is 5.24. The second-order valence-electron chi connectivity index (χ2n) is 6.33. The molecule has 27 heavy (non-hydrogen) atoms. The summed E-state index contributed by atoms with van der Waals surface area (Å²) in [6.45, 7) is 2.81. The summed E-state index contributed by atoms with van der Waals surface area (Å²) in [5.74, 6) is -0.749. The van der Waals surface area contributed by atoms with E-state index in [-0.39, 0.29) is 23.5 Å². The van der Waals surface area contributed by atoms with Crippen LogP contribution in [0.25, 0.3) is 11.0 Å². The van der Waals surface area contributed by atoms with Crippen LogP contribution in [0.1, 0.15) is 51.9 Å². The van der Waals surface area contributed by atoms with Gasteiger partial charge in [-0.1, -0.05) is 26.2 Å². The molecule has 0 fully saturated rings. The van der Waals surface area contributed by atoms with Gasteiger partial charge in [0.15, 0.2) is 5.75 Å². The van der Waals surface area contributed by atoms with Gasteiger partial charge in [0.05, 0.1) is 18.6 Å². The van der Waals surface area contributed by atoms with Crippen molar-refractivity contribution in [3.05, 3.63) is 28.6 Å². The van der Waals surface area contributed by atoms with Gasteiger partial charge < -0.3 is 24.1 Å². The van der Waals surface area contributed by atoms with Gasteiger partial charge in [-0.05, 0) is 31.4 Å². The summed E-state index contributed by atoms with van der Waals surface area (Å²) in [4.78, 5) is 22.6. The van der Waals surface area contributed by atoms with Crippen molar-refractivity contribution in [1.82, 2.24) is 0 Å². The van der Waals surface area contributed by atoms with E-state index in [1.54, 1.807) is 12.1 Å². The summed E-state index contributed by atoms with van der Waals surface area (Å²) < 4.78 is 16.2. The zero-order valence-corrected chi connectivity index (χ0v) is 15.5. The largest absolute Gasteiger partial charge is 0.504 e. The molecular weight excluding hydrogens is 352 g/mol. The SMILES string of the molecule is CCCCCCOc1c(O)c2ccc(OCCCCC(=O)O)cc2oc1=O. The fourth-order valence-electron chi connectivity index (χ4n) is 2.64. The van der Waals surface area contributed by atoms with Gasteiger partial charge in [-0.15, -0.1) is 0 Å². The molecule has 2 N–H and O–H groups in total. The quantitative estimate of drug-likeness (QED) is 0.423. The first-order valence-corrected chi connectivity index (χ1v) is 9.30. The number of hydrogen-bond acceptors (Lipinski definition) is 6. The molecule has 148 valence electrons. The molecule has 0 unspecified atom stereocenters. The van der Waals surface area contributed by atoms with E-state index in [0.717, 1.165) is 25.7 Å². The van der Waals surface area contributed by atoms with Crippen LogP contribution in [0, 0.1) is 0 Å². The van der Waals surface area contributed by atoms with Crippen molar-refractivity contribution in [1.29, 1.82) is 0 Å². The van der Waals surface area contributed by atoms with Crippen LogP contribution in [0.5, 0.6) is 17.2 Å². The van der Waals surface area contributed by atoms with Gasteiger partial charge in [0.2, 0.25) is 5.75 Å². The van der Waals surface area contributed by atoms with Crippen LogP contribution in [-0.2, 0) is 4.79 Å². The van der Waals surface area contributed by atoms with Crippen LogP contribution in [0.3, 0.4) is 0 Å². The first-order chi connectivity index (χ1) is 13.0. The van der Waals surface area contributed by atoms with Crippen LogP contribution in [0.15, 0.2) is 27.4 Å². The molecule has 0 bridgehead atoms. The van der Waals surface area contributed by atoms with Crippen LogP contribution < -0.4 is 15.1 Å². The number of aliphatic carboxylic acids is 1. The monoisotopic (exact) mass is 378 g/mol. The van der Waals surface area contributed by atoms with Crippen molar-refractivity contribution in [2.45, 2.75) is 51.9 Å². The maximum atomic E-state index is 12.1. The zero-order chi connectivity index (χ0) is 19.6. The van der Waals surface area contributed by atoms with Gasteiger partial charge in [-0.25, -0.2) is 4.79 Å². The lowest BCUT2D eigenvalue weighted by atomic mass is 10.2. The van der Waals surface area contributed by atoms with E-state index in [2.05, 4.69) is 6.92 Å². The third-order valence-corrected chi connectivity index (χ3v) is 4.11. The Morgan fingerprint density at radius 3 is 2.56 bits per heavy atom. The minimum absolute atomic E-state index is 0.102. The number of unbranched alkanes of at least 4 members (excludes halogenated alkanes) is 4. The molecule has 0 spiro atoms. The van der Waals surface area contributed by atoms with Gasteiger partial charge in [-0.3, -0.25) is 4.79 Å². The third-order valence-electron chi connectivity index (χ3n) is 4.11. The fraction of sp³-hybridized carbons (Fsp3) is 0.500. The molecule has 1 heterocycles. The Morgan fingerprint density at radius 2 is 1.81 bits per heavy atom. The van der Waals surface area contributed by atoms with Gasteiger partial charge in [0, 0.05) is 12.5 Å². The van der Waals surface area contributed by atoms with Crippen molar-refractivity contribution >= 4 is 16.9 Å². The first kappa shape index (κ1) is 20.6. The second-order valence-corrected chi connectivity index (χ2v) is 6.33. The molecule has 0 saturated carbocycles. The lowest BCUT2D eigenvalue weighted by molar-refractivity contribution is -0.137. The molecule has 2 rings (SSSR count). The van der Waals surface area contributed by atoms with Crippen molar-refractivity contribution in [3.8, 4) is 17.2 Å². The molecule has 7 heteroatoms. The maximum absolute atomic E-state index is 12.1. The van der Waals surface area contributed by atoms with Crippen LogP contribution in [-0.4, -0.2) is 29.4 Å². The summed E-state index contributed by atoms with van der Waals surface area (Å²) in [5.41, 5.74) is -0.520. The van der Waals surface area contributed by atoms with E-state index in [4.69, 9.17) is 19.0 Å². The Kier molecular flexibility index (Phi) is 7.98. The zero-order valence-electron chi connectivity index (χ0n) is 15.5. The lowest BCUT2D eigenvalue weighted by Crippen LogP contribution is -2.08. The highest BCUT2D eigenvalue weighted by Crippen LogP contribution is 2.33. The van der Waals surface area contributed by atoms with E-state index in [0.29, 0.717) is 37.2 Å². The molecule has 0 aliphatic rings. The number of carbonyl (C=O) groups is 1. The van der Waals surface area contributed by atoms with Crippen molar-refractivity contribution < 1.29 is 28.9 Å². The number of aromatic hydroxyl groups is 1.